The van der Waals surface area contributed by atoms with Crippen LogP contribution in [0, 0.1) is 10.1 Å². The molecule has 1 atom stereocenters. The summed E-state index contributed by atoms with van der Waals surface area (Å²) in [6, 6.07) is 4.29. The molecule has 0 saturated heterocycles. The lowest BCUT2D eigenvalue weighted by atomic mass is 10.2. The van der Waals surface area contributed by atoms with Crippen LogP contribution in [-0.2, 0) is 9.53 Å². The van der Waals surface area contributed by atoms with Gasteiger partial charge in [-0.25, -0.2) is 4.79 Å². The first kappa shape index (κ1) is 16.3. The number of hydrogen-bond acceptors (Lipinski definition) is 6. The predicted molar refractivity (Wildman–Crippen MR) is 80.9 cm³/mol. The molecule has 1 N–H and O–H groups in total. The third-order valence-corrected chi connectivity index (χ3v) is 3.97. The lowest BCUT2D eigenvalue weighted by Crippen LogP contribution is -2.37. The van der Waals surface area contributed by atoms with Crippen LogP contribution in [0.15, 0.2) is 23.1 Å². The fourth-order valence-corrected chi connectivity index (χ4v) is 2.33. The van der Waals surface area contributed by atoms with Gasteiger partial charge in [0.25, 0.3) is 11.6 Å². The second kappa shape index (κ2) is 6.78. The molecule has 22 heavy (non-hydrogen) atoms. The maximum Gasteiger partial charge on any atom is 0.339 e. The molecule has 0 bridgehead atoms. The minimum Gasteiger partial charge on any atom is -0.449 e. The Morgan fingerprint density at radius 2 is 2.14 bits per heavy atom. The monoisotopic (exact) mass is 324 g/mol. The van der Waals surface area contributed by atoms with Crippen LogP contribution in [0.1, 0.15) is 30.1 Å². The van der Waals surface area contributed by atoms with E-state index in [4.69, 9.17) is 4.74 Å². The van der Waals surface area contributed by atoms with Crippen molar-refractivity contribution in [3.8, 4) is 0 Å². The van der Waals surface area contributed by atoms with Gasteiger partial charge in [-0.3, -0.25) is 14.9 Å². The van der Waals surface area contributed by atoms with E-state index in [0.29, 0.717) is 4.90 Å². The second-order valence-electron chi connectivity index (χ2n) is 4.97. The molecule has 1 aliphatic rings. The van der Waals surface area contributed by atoms with Crippen molar-refractivity contribution in [2.24, 2.45) is 0 Å². The summed E-state index contributed by atoms with van der Waals surface area (Å²) in [5.41, 5.74) is -0.104. The van der Waals surface area contributed by atoms with Crippen LogP contribution in [0.5, 0.6) is 0 Å². The van der Waals surface area contributed by atoms with Gasteiger partial charge >= 0.3 is 5.97 Å². The minimum atomic E-state index is -0.938. The number of rotatable bonds is 6. The average molecular weight is 324 g/mol. The summed E-state index contributed by atoms with van der Waals surface area (Å²) in [6.07, 6.45) is 2.65. The van der Waals surface area contributed by atoms with Crippen LogP contribution < -0.4 is 5.32 Å². The summed E-state index contributed by atoms with van der Waals surface area (Å²) >= 11 is 1.22. The first-order valence-electron chi connectivity index (χ1n) is 6.76. The second-order valence-corrected chi connectivity index (χ2v) is 5.82. The molecule has 1 aromatic rings. The van der Waals surface area contributed by atoms with Crippen molar-refractivity contribution in [3.05, 3.63) is 33.9 Å². The fourth-order valence-electron chi connectivity index (χ4n) is 1.79. The standard InChI is InChI=1S/C14H16N2O5S/c1-8(13(17)15-10-4-5-10)21-14(18)9-3-6-12(22-2)11(7-9)16(19)20/h3,6-8,10H,4-5H2,1-2H3,(H,15,17). The number of ether oxygens (including phenoxy) is 1. The number of nitrogens with zero attached hydrogens (tertiary/aromatic N) is 1. The van der Waals surface area contributed by atoms with Gasteiger partial charge in [0.1, 0.15) is 0 Å². The number of nitro benzene ring substituents is 1. The summed E-state index contributed by atoms with van der Waals surface area (Å²) in [7, 11) is 0. The summed E-state index contributed by atoms with van der Waals surface area (Å²) in [5, 5.41) is 13.7. The SMILES string of the molecule is CSc1ccc(C(=O)OC(C)C(=O)NC2CC2)cc1[N+](=O)[O-]. The number of esters is 1. The minimum absolute atomic E-state index is 0.0515. The largest absolute Gasteiger partial charge is 0.449 e. The Labute approximate surface area is 131 Å². The molecule has 1 unspecified atom stereocenters. The van der Waals surface area contributed by atoms with Gasteiger partial charge in [0.2, 0.25) is 0 Å². The van der Waals surface area contributed by atoms with Gasteiger partial charge in [0.05, 0.1) is 15.4 Å². The number of benzene rings is 1. The maximum atomic E-state index is 12.0. The Bertz CT molecular complexity index is 615. The number of carbonyl (C=O) groups excluding carboxylic acids is 2. The van der Waals surface area contributed by atoms with Crippen molar-refractivity contribution in [2.75, 3.05) is 6.26 Å². The average Bonchev–Trinajstić information content (AvgIpc) is 3.30. The fraction of sp³-hybridized carbons (Fsp3) is 0.429. The van der Waals surface area contributed by atoms with Crippen LogP contribution in [0.4, 0.5) is 5.69 Å². The van der Waals surface area contributed by atoms with Crippen molar-refractivity contribution in [1.29, 1.82) is 0 Å². The van der Waals surface area contributed by atoms with E-state index in [0.717, 1.165) is 12.8 Å². The molecular formula is C14H16N2O5S. The van der Waals surface area contributed by atoms with Gasteiger partial charge in [-0.2, -0.15) is 0 Å². The predicted octanol–water partition coefficient (Wildman–Crippen LogP) is 2.14. The van der Waals surface area contributed by atoms with Crippen LogP contribution in [0.3, 0.4) is 0 Å². The number of hydrogen-bond donors (Lipinski definition) is 1. The molecular weight excluding hydrogens is 308 g/mol. The van der Waals surface area contributed by atoms with Gasteiger partial charge in [-0.1, -0.05) is 0 Å². The highest BCUT2D eigenvalue weighted by Crippen LogP contribution is 2.28. The van der Waals surface area contributed by atoms with Gasteiger partial charge in [-0.15, -0.1) is 11.8 Å². The number of thioether (sulfide) groups is 1. The Morgan fingerprint density at radius 1 is 1.45 bits per heavy atom. The van der Waals surface area contributed by atoms with E-state index in [2.05, 4.69) is 5.32 Å². The van der Waals surface area contributed by atoms with E-state index in [1.807, 2.05) is 0 Å². The van der Waals surface area contributed by atoms with E-state index in [1.54, 1.807) is 6.26 Å². The Morgan fingerprint density at radius 3 is 2.68 bits per heavy atom. The van der Waals surface area contributed by atoms with E-state index in [9.17, 15) is 19.7 Å². The molecule has 2 rings (SSSR count). The first-order chi connectivity index (χ1) is 10.4. The van der Waals surface area contributed by atoms with E-state index >= 15 is 0 Å². The molecule has 0 heterocycles. The number of carbonyl (C=O) groups is 2. The quantitative estimate of drug-likeness (QED) is 0.372. The first-order valence-corrected chi connectivity index (χ1v) is 7.98. The number of nitro groups is 1. The molecule has 1 aliphatic carbocycles. The van der Waals surface area contributed by atoms with Crippen LogP contribution >= 0.6 is 11.8 Å². The molecule has 1 saturated carbocycles. The van der Waals surface area contributed by atoms with Crippen LogP contribution in [0.2, 0.25) is 0 Å². The zero-order valence-electron chi connectivity index (χ0n) is 12.2. The van der Waals surface area contributed by atoms with Crippen molar-refractivity contribution in [1.82, 2.24) is 5.32 Å². The third-order valence-electron chi connectivity index (χ3n) is 3.19. The molecule has 1 amide bonds. The molecule has 1 fully saturated rings. The summed E-state index contributed by atoms with van der Waals surface area (Å²) in [5.74, 6) is -1.11. The molecule has 0 aromatic heterocycles. The highest BCUT2D eigenvalue weighted by atomic mass is 32.2. The summed E-state index contributed by atoms with van der Waals surface area (Å²) in [6.45, 7) is 1.47. The lowest BCUT2D eigenvalue weighted by molar-refractivity contribution is -0.387. The zero-order valence-corrected chi connectivity index (χ0v) is 13.0. The number of nitrogens with one attached hydrogen (secondary N) is 1. The molecule has 7 nitrogen and oxygen atoms in total. The van der Waals surface area contributed by atoms with Crippen LogP contribution in [0.25, 0.3) is 0 Å². The Balaban J connectivity index is 2.06. The summed E-state index contributed by atoms with van der Waals surface area (Å²) in [4.78, 5) is 34.6. The van der Waals surface area contributed by atoms with Crippen LogP contribution in [-0.4, -0.2) is 35.2 Å². The highest BCUT2D eigenvalue weighted by molar-refractivity contribution is 7.98. The molecule has 118 valence electrons. The summed E-state index contributed by atoms with van der Waals surface area (Å²) < 4.78 is 5.05. The smallest absolute Gasteiger partial charge is 0.339 e. The van der Waals surface area contributed by atoms with E-state index in [-0.39, 0.29) is 23.2 Å². The lowest BCUT2D eigenvalue weighted by Gasteiger charge is -2.13. The molecule has 1 aromatic carbocycles. The normalized spacial score (nSPS) is 15.0. The van der Waals surface area contributed by atoms with Gasteiger partial charge in [0, 0.05) is 12.1 Å². The molecule has 0 radical (unpaired) electrons. The van der Waals surface area contributed by atoms with Gasteiger partial charge in [0.15, 0.2) is 6.10 Å². The Kier molecular flexibility index (Phi) is 5.02. The maximum absolute atomic E-state index is 12.0. The highest BCUT2D eigenvalue weighted by Gasteiger charge is 2.28. The van der Waals surface area contributed by atoms with Gasteiger partial charge < -0.3 is 10.1 Å². The number of amides is 1. The topological polar surface area (TPSA) is 98.5 Å². The molecule has 8 heteroatoms. The third kappa shape index (κ3) is 3.97. The van der Waals surface area contributed by atoms with Crippen molar-refractivity contribution < 1.29 is 19.2 Å². The van der Waals surface area contributed by atoms with Crippen molar-refractivity contribution in [2.45, 2.75) is 36.8 Å². The van der Waals surface area contributed by atoms with E-state index in [1.165, 1.54) is 36.9 Å². The molecule has 0 aliphatic heterocycles. The Hall–Kier alpha value is -2.09. The van der Waals surface area contributed by atoms with Gasteiger partial charge in [-0.05, 0) is 38.2 Å². The molecule has 0 spiro atoms. The van der Waals surface area contributed by atoms with E-state index < -0.39 is 17.0 Å². The van der Waals surface area contributed by atoms with Crippen molar-refractivity contribution >= 4 is 29.3 Å². The van der Waals surface area contributed by atoms with Crippen molar-refractivity contribution in [3.63, 3.8) is 0 Å². The zero-order chi connectivity index (χ0) is 16.3.